The second-order valence-electron chi connectivity index (χ2n) is 5.49. The molecule has 1 saturated heterocycles. The Hall–Kier alpha value is -1.06. The number of amides is 1. The second kappa shape index (κ2) is 6.40. The number of piperidine rings is 1. The smallest absolute Gasteiger partial charge is 0.238 e. The van der Waals surface area contributed by atoms with Crippen LogP contribution in [0.4, 0.5) is 5.69 Å². The van der Waals surface area contributed by atoms with Crippen molar-refractivity contribution < 1.29 is 4.79 Å². The van der Waals surface area contributed by atoms with Crippen LogP contribution in [0, 0.1) is 12.8 Å². The van der Waals surface area contributed by atoms with Crippen molar-refractivity contribution in [2.75, 3.05) is 25.0 Å². The van der Waals surface area contributed by atoms with E-state index >= 15 is 0 Å². The number of anilines is 1. The van der Waals surface area contributed by atoms with E-state index in [9.17, 15) is 4.79 Å². The molecule has 0 radical (unpaired) electrons. The first-order valence-corrected chi connectivity index (χ1v) is 7.21. The highest BCUT2D eigenvalue weighted by Crippen LogP contribution is 2.23. The summed E-state index contributed by atoms with van der Waals surface area (Å²) in [6, 6.07) is 5.66. The number of hydrogen-bond acceptors (Lipinski definition) is 2. The van der Waals surface area contributed by atoms with Crippen LogP contribution in [-0.4, -0.2) is 30.4 Å². The predicted octanol–water partition coefficient (Wildman–Crippen LogP) is 3.32. The van der Waals surface area contributed by atoms with E-state index < -0.39 is 0 Å². The molecule has 104 valence electrons. The van der Waals surface area contributed by atoms with Gasteiger partial charge in [0.25, 0.3) is 0 Å². The van der Waals surface area contributed by atoms with Gasteiger partial charge in [-0.15, -0.1) is 0 Å². The summed E-state index contributed by atoms with van der Waals surface area (Å²) in [5.41, 5.74) is 1.79. The fourth-order valence-electron chi connectivity index (χ4n) is 2.33. The van der Waals surface area contributed by atoms with Crippen molar-refractivity contribution in [1.82, 2.24) is 4.90 Å². The molecular weight excluding hydrogens is 260 g/mol. The highest BCUT2D eigenvalue weighted by molar-refractivity contribution is 6.33. The van der Waals surface area contributed by atoms with Gasteiger partial charge in [0.15, 0.2) is 0 Å². The zero-order valence-electron chi connectivity index (χ0n) is 11.6. The molecule has 0 aliphatic carbocycles. The van der Waals surface area contributed by atoms with Crippen molar-refractivity contribution in [1.29, 1.82) is 0 Å². The Morgan fingerprint density at radius 3 is 2.74 bits per heavy atom. The Bertz CT molecular complexity index is 453. The number of carbonyl (C=O) groups is 1. The van der Waals surface area contributed by atoms with Crippen LogP contribution in [0.3, 0.4) is 0 Å². The third-order valence-corrected chi connectivity index (χ3v) is 3.95. The second-order valence-corrected chi connectivity index (χ2v) is 5.90. The lowest BCUT2D eigenvalue weighted by Crippen LogP contribution is -2.38. The van der Waals surface area contributed by atoms with Gasteiger partial charge in [0.05, 0.1) is 17.3 Å². The zero-order valence-corrected chi connectivity index (χ0v) is 12.3. The molecule has 1 aromatic carbocycles. The third kappa shape index (κ3) is 4.22. The maximum absolute atomic E-state index is 12.0. The summed E-state index contributed by atoms with van der Waals surface area (Å²) in [6.07, 6.45) is 2.36. The van der Waals surface area contributed by atoms with E-state index in [1.807, 2.05) is 25.1 Å². The topological polar surface area (TPSA) is 32.3 Å². The molecule has 1 heterocycles. The van der Waals surface area contributed by atoms with Crippen LogP contribution >= 0.6 is 11.6 Å². The highest BCUT2D eigenvalue weighted by Gasteiger charge is 2.18. The van der Waals surface area contributed by atoms with Crippen LogP contribution in [-0.2, 0) is 4.79 Å². The number of benzene rings is 1. The van der Waals surface area contributed by atoms with E-state index in [0.717, 1.165) is 24.6 Å². The first kappa shape index (κ1) is 14.4. The fraction of sp³-hybridized carbons (Fsp3) is 0.533. The number of hydrogen-bond donors (Lipinski definition) is 1. The fourth-order valence-corrected chi connectivity index (χ4v) is 2.62. The minimum atomic E-state index is 0.0142. The summed E-state index contributed by atoms with van der Waals surface area (Å²) >= 11 is 6.11. The minimum absolute atomic E-state index is 0.0142. The van der Waals surface area contributed by atoms with Crippen molar-refractivity contribution in [3.8, 4) is 0 Å². The standard InChI is InChI=1S/C15H21ClN2O/c1-11-5-7-18(8-6-11)10-15(19)17-14-4-3-12(2)9-13(14)16/h3-4,9,11H,5-8,10H2,1-2H3,(H,17,19). The maximum Gasteiger partial charge on any atom is 0.238 e. The Morgan fingerprint density at radius 2 is 2.11 bits per heavy atom. The van der Waals surface area contributed by atoms with Gasteiger partial charge in [0, 0.05) is 0 Å². The predicted molar refractivity (Wildman–Crippen MR) is 79.7 cm³/mol. The largest absolute Gasteiger partial charge is 0.324 e. The lowest BCUT2D eigenvalue weighted by Gasteiger charge is -2.29. The molecule has 0 spiro atoms. The van der Waals surface area contributed by atoms with E-state index in [2.05, 4.69) is 17.1 Å². The molecular formula is C15H21ClN2O. The lowest BCUT2D eigenvalue weighted by molar-refractivity contribution is -0.117. The molecule has 1 aromatic rings. The lowest BCUT2D eigenvalue weighted by atomic mass is 9.99. The zero-order chi connectivity index (χ0) is 13.8. The molecule has 0 saturated carbocycles. The Labute approximate surface area is 119 Å². The summed E-state index contributed by atoms with van der Waals surface area (Å²) in [5.74, 6) is 0.797. The van der Waals surface area contributed by atoms with Crippen molar-refractivity contribution in [3.63, 3.8) is 0 Å². The van der Waals surface area contributed by atoms with Gasteiger partial charge >= 0.3 is 0 Å². The van der Waals surface area contributed by atoms with Crippen molar-refractivity contribution in [3.05, 3.63) is 28.8 Å². The van der Waals surface area contributed by atoms with Gasteiger partial charge in [-0.1, -0.05) is 24.6 Å². The quantitative estimate of drug-likeness (QED) is 0.921. The molecule has 1 fully saturated rings. The SMILES string of the molecule is Cc1ccc(NC(=O)CN2CCC(C)CC2)c(Cl)c1. The molecule has 2 rings (SSSR count). The van der Waals surface area contributed by atoms with Crippen LogP contribution in [0.5, 0.6) is 0 Å². The van der Waals surface area contributed by atoms with E-state index in [-0.39, 0.29) is 5.91 Å². The Kier molecular flexibility index (Phi) is 4.83. The van der Waals surface area contributed by atoms with Gasteiger partial charge in [-0.3, -0.25) is 9.69 Å². The monoisotopic (exact) mass is 280 g/mol. The van der Waals surface area contributed by atoms with E-state index in [1.165, 1.54) is 12.8 Å². The molecule has 1 aliphatic heterocycles. The van der Waals surface area contributed by atoms with Gasteiger partial charge < -0.3 is 5.32 Å². The van der Waals surface area contributed by atoms with Crippen LogP contribution in [0.2, 0.25) is 5.02 Å². The van der Waals surface area contributed by atoms with E-state index in [4.69, 9.17) is 11.6 Å². The number of carbonyl (C=O) groups excluding carboxylic acids is 1. The molecule has 3 nitrogen and oxygen atoms in total. The number of nitrogens with zero attached hydrogens (tertiary/aromatic N) is 1. The average molecular weight is 281 g/mol. The molecule has 0 bridgehead atoms. The molecule has 19 heavy (non-hydrogen) atoms. The molecule has 1 aliphatic rings. The summed E-state index contributed by atoms with van der Waals surface area (Å²) in [7, 11) is 0. The number of aryl methyl sites for hydroxylation is 1. The molecule has 0 atom stereocenters. The van der Waals surface area contributed by atoms with E-state index in [0.29, 0.717) is 17.3 Å². The first-order valence-electron chi connectivity index (χ1n) is 6.83. The van der Waals surface area contributed by atoms with Gasteiger partial charge in [-0.25, -0.2) is 0 Å². The Balaban J connectivity index is 1.87. The van der Waals surface area contributed by atoms with Gasteiger partial charge in [0.2, 0.25) is 5.91 Å². The number of nitrogens with one attached hydrogen (secondary N) is 1. The molecule has 4 heteroatoms. The molecule has 1 N–H and O–H groups in total. The van der Waals surface area contributed by atoms with Gasteiger partial charge in [0.1, 0.15) is 0 Å². The maximum atomic E-state index is 12.0. The molecule has 0 aromatic heterocycles. The van der Waals surface area contributed by atoms with Crippen LogP contribution < -0.4 is 5.32 Å². The van der Waals surface area contributed by atoms with E-state index in [1.54, 1.807) is 0 Å². The first-order chi connectivity index (χ1) is 9.04. The van der Waals surface area contributed by atoms with Crippen molar-refractivity contribution in [2.45, 2.75) is 26.7 Å². The van der Waals surface area contributed by atoms with Crippen molar-refractivity contribution in [2.24, 2.45) is 5.92 Å². The summed E-state index contributed by atoms with van der Waals surface area (Å²) in [6.45, 7) is 6.72. The van der Waals surface area contributed by atoms with Crippen molar-refractivity contribution >= 4 is 23.2 Å². The minimum Gasteiger partial charge on any atom is -0.324 e. The Morgan fingerprint density at radius 1 is 1.42 bits per heavy atom. The summed E-state index contributed by atoms with van der Waals surface area (Å²) in [4.78, 5) is 14.2. The number of halogens is 1. The molecule has 1 amide bonds. The van der Waals surface area contributed by atoms with Crippen LogP contribution in [0.1, 0.15) is 25.3 Å². The normalized spacial score (nSPS) is 17.4. The van der Waals surface area contributed by atoms with Gasteiger partial charge in [-0.05, 0) is 56.5 Å². The average Bonchev–Trinajstić information content (AvgIpc) is 2.36. The van der Waals surface area contributed by atoms with Crippen LogP contribution in [0.25, 0.3) is 0 Å². The van der Waals surface area contributed by atoms with Gasteiger partial charge in [-0.2, -0.15) is 0 Å². The highest BCUT2D eigenvalue weighted by atomic mass is 35.5. The van der Waals surface area contributed by atoms with Crippen LogP contribution in [0.15, 0.2) is 18.2 Å². The summed E-state index contributed by atoms with van der Waals surface area (Å²) in [5, 5.41) is 3.48. The molecule has 0 unspecified atom stereocenters. The number of likely N-dealkylation sites (tertiary alicyclic amines) is 1. The summed E-state index contributed by atoms with van der Waals surface area (Å²) < 4.78 is 0. The number of rotatable bonds is 3. The third-order valence-electron chi connectivity index (χ3n) is 3.64.